The summed E-state index contributed by atoms with van der Waals surface area (Å²) in [7, 11) is -3.83. The first-order valence-corrected chi connectivity index (χ1v) is 12.4. The third-order valence-electron chi connectivity index (χ3n) is 5.80. The molecule has 4 rings (SSSR count). The number of anilines is 1. The second kappa shape index (κ2) is 9.17. The van der Waals surface area contributed by atoms with Gasteiger partial charge in [-0.05, 0) is 48.1 Å². The fourth-order valence-electron chi connectivity index (χ4n) is 4.03. The molecule has 3 aromatic carbocycles. The zero-order valence-electron chi connectivity index (χ0n) is 18.4. The van der Waals surface area contributed by atoms with Gasteiger partial charge in [0.1, 0.15) is 6.54 Å². The molecule has 166 valence electrons. The Bertz CT molecular complexity index is 1220. The van der Waals surface area contributed by atoms with Gasteiger partial charge in [-0.1, -0.05) is 68.4 Å². The molecule has 6 heteroatoms. The molecule has 0 aliphatic carbocycles. The quantitative estimate of drug-likeness (QED) is 0.531. The summed E-state index contributed by atoms with van der Waals surface area (Å²) in [5.74, 6) is 0.00673. The Hall–Kier alpha value is -3.12. The summed E-state index contributed by atoms with van der Waals surface area (Å²) in [5.41, 5.74) is 4.42. The third kappa shape index (κ3) is 4.41. The highest BCUT2D eigenvalue weighted by Gasteiger charge is 2.36. The molecule has 1 aliphatic rings. The van der Waals surface area contributed by atoms with E-state index >= 15 is 0 Å². The number of amides is 1. The minimum atomic E-state index is -3.83. The van der Waals surface area contributed by atoms with Crippen LogP contribution in [-0.4, -0.2) is 27.4 Å². The van der Waals surface area contributed by atoms with Crippen LogP contribution in [0.3, 0.4) is 0 Å². The number of nitrogens with zero attached hydrogens (tertiary/aromatic N) is 1. The van der Waals surface area contributed by atoms with Gasteiger partial charge >= 0.3 is 0 Å². The Labute approximate surface area is 190 Å². The van der Waals surface area contributed by atoms with Gasteiger partial charge in [-0.3, -0.25) is 9.10 Å². The Morgan fingerprint density at radius 1 is 0.938 bits per heavy atom. The summed E-state index contributed by atoms with van der Waals surface area (Å²) < 4.78 is 28.0. The lowest BCUT2D eigenvalue weighted by molar-refractivity contribution is -0.119. The van der Waals surface area contributed by atoms with Gasteiger partial charge in [0.05, 0.1) is 10.6 Å². The number of benzene rings is 3. The van der Waals surface area contributed by atoms with Crippen molar-refractivity contribution in [1.82, 2.24) is 5.32 Å². The van der Waals surface area contributed by atoms with Crippen molar-refractivity contribution in [1.29, 1.82) is 0 Å². The van der Waals surface area contributed by atoms with E-state index in [-0.39, 0.29) is 17.3 Å². The van der Waals surface area contributed by atoms with Crippen molar-refractivity contribution in [3.05, 3.63) is 83.9 Å². The van der Waals surface area contributed by atoms with Crippen LogP contribution < -0.4 is 9.62 Å². The Kier molecular flexibility index (Phi) is 6.33. The van der Waals surface area contributed by atoms with Gasteiger partial charge in [0.15, 0.2) is 0 Å². The molecule has 32 heavy (non-hydrogen) atoms. The molecule has 5 nitrogen and oxygen atoms in total. The van der Waals surface area contributed by atoms with Crippen LogP contribution in [0.5, 0.6) is 0 Å². The van der Waals surface area contributed by atoms with Crippen LogP contribution in [0.15, 0.2) is 77.7 Å². The fraction of sp³-hybridized carbons (Fsp3) is 0.269. The van der Waals surface area contributed by atoms with Crippen molar-refractivity contribution < 1.29 is 13.2 Å². The van der Waals surface area contributed by atoms with E-state index in [0.29, 0.717) is 23.7 Å². The van der Waals surface area contributed by atoms with Gasteiger partial charge in [0.25, 0.3) is 10.0 Å². The van der Waals surface area contributed by atoms with E-state index in [1.807, 2.05) is 48.5 Å². The van der Waals surface area contributed by atoms with E-state index in [9.17, 15) is 13.2 Å². The number of hydrogen-bond acceptors (Lipinski definition) is 3. The highest BCUT2D eigenvalue weighted by atomic mass is 32.2. The minimum absolute atomic E-state index is 0.240. The average molecular weight is 449 g/mol. The Balaban J connectivity index is 1.54. The van der Waals surface area contributed by atoms with Gasteiger partial charge < -0.3 is 5.32 Å². The molecule has 1 amide bonds. The van der Waals surface area contributed by atoms with Crippen molar-refractivity contribution in [3.8, 4) is 11.1 Å². The maximum Gasteiger partial charge on any atom is 0.265 e. The number of carbonyl (C=O) groups excluding carboxylic acids is 1. The summed E-state index contributed by atoms with van der Waals surface area (Å²) in [6.45, 7) is 4.47. The lowest BCUT2D eigenvalue weighted by atomic mass is 9.95. The molecule has 1 heterocycles. The number of hydrogen-bond donors (Lipinski definition) is 1. The Morgan fingerprint density at radius 2 is 1.66 bits per heavy atom. The van der Waals surface area contributed by atoms with Gasteiger partial charge in [-0.15, -0.1) is 0 Å². The molecule has 1 N–H and O–H groups in total. The monoisotopic (exact) mass is 448 g/mol. The summed E-state index contributed by atoms with van der Waals surface area (Å²) in [6.07, 6.45) is 1.65. The topological polar surface area (TPSA) is 66.5 Å². The second-order valence-electron chi connectivity index (χ2n) is 8.38. The lowest BCUT2D eigenvalue weighted by Crippen LogP contribution is -2.42. The number of aryl methyl sites for hydroxylation is 1. The van der Waals surface area contributed by atoms with Crippen molar-refractivity contribution >= 4 is 21.6 Å². The minimum Gasteiger partial charge on any atom is -0.355 e. The molecule has 0 unspecified atom stereocenters. The first kappa shape index (κ1) is 22.1. The van der Waals surface area contributed by atoms with Crippen LogP contribution >= 0.6 is 0 Å². The maximum absolute atomic E-state index is 13.4. The zero-order chi connectivity index (χ0) is 22.7. The fourth-order valence-corrected chi connectivity index (χ4v) is 5.68. The molecule has 0 saturated carbocycles. The normalized spacial score (nSPS) is 14.0. The summed E-state index contributed by atoms with van der Waals surface area (Å²) >= 11 is 0. The van der Waals surface area contributed by atoms with E-state index < -0.39 is 10.0 Å². The average Bonchev–Trinajstić information content (AvgIpc) is 2.80. The number of rotatable bonds is 7. The predicted molar refractivity (Wildman–Crippen MR) is 128 cm³/mol. The molecule has 0 fully saturated rings. The van der Waals surface area contributed by atoms with Crippen molar-refractivity contribution in [2.75, 3.05) is 17.4 Å². The zero-order valence-corrected chi connectivity index (χ0v) is 19.2. The van der Waals surface area contributed by atoms with Crippen LogP contribution in [0.4, 0.5) is 5.69 Å². The van der Waals surface area contributed by atoms with Gasteiger partial charge in [0.2, 0.25) is 5.91 Å². The van der Waals surface area contributed by atoms with E-state index in [2.05, 4.69) is 31.3 Å². The molecule has 0 spiro atoms. The number of nitrogens with one attached hydrogen (secondary N) is 1. The van der Waals surface area contributed by atoms with E-state index in [4.69, 9.17) is 0 Å². The SMILES string of the molecule is CC(C)c1ccc2c(c1)-c1ccccc1S(=O)(=O)N2CC(=O)NCCCc1ccccc1. The van der Waals surface area contributed by atoms with Crippen LogP contribution in [0, 0.1) is 0 Å². The van der Waals surface area contributed by atoms with Crippen molar-refractivity contribution in [2.45, 2.75) is 37.5 Å². The molecule has 1 aliphatic heterocycles. The van der Waals surface area contributed by atoms with Gasteiger partial charge in [-0.25, -0.2) is 8.42 Å². The summed E-state index contributed by atoms with van der Waals surface area (Å²) in [5, 5.41) is 2.88. The van der Waals surface area contributed by atoms with Crippen molar-refractivity contribution in [2.24, 2.45) is 0 Å². The van der Waals surface area contributed by atoms with Crippen LogP contribution in [0.2, 0.25) is 0 Å². The molecular formula is C26H28N2O3S. The molecule has 0 aromatic heterocycles. The highest BCUT2D eigenvalue weighted by molar-refractivity contribution is 7.93. The van der Waals surface area contributed by atoms with E-state index in [1.54, 1.807) is 12.1 Å². The third-order valence-corrected chi connectivity index (χ3v) is 7.61. The number of carbonyl (C=O) groups is 1. The molecule has 3 aromatic rings. The van der Waals surface area contributed by atoms with E-state index in [1.165, 1.54) is 9.87 Å². The highest BCUT2D eigenvalue weighted by Crippen LogP contribution is 2.43. The van der Waals surface area contributed by atoms with Gasteiger partial charge in [0, 0.05) is 17.7 Å². The molecule has 0 atom stereocenters. The standard InChI is InChI=1S/C26H28N2O3S/c1-19(2)21-14-15-24-23(17-21)22-12-6-7-13-25(22)32(30,31)28(24)18-26(29)27-16-8-11-20-9-4-3-5-10-20/h3-7,9-10,12-15,17,19H,8,11,16,18H2,1-2H3,(H,27,29). The number of sulfonamides is 1. The molecular weight excluding hydrogens is 420 g/mol. The van der Waals surface area contributed by atoms with Crippen LogP contribution in [-0.2, 0) is 21.2 Å². The van der Waals surface area contributed by atoms with Crippen LogP contribution in [0.1, 0.15) is 37.3 Å². The van der Waals surface area contributed by atoms with Crippen LogP contribution in [0.25, 0.3) is 11.1 Å². The lowest BCUT2D eigenvalue weighted by Gasteiger charge is -2.32. The first-order valence-electron chi connectivity index (χ1n) is 10.9. The maximum atomic E-state index is 13.4. The first-order chi connectivity index (χ1) is 15.4. The summed E-state index contributed by atoms with van der Waals surface area (Å²) in [6, 6.07) is 22.9. The summed E-state index contributed by atoms with van der Waals surface area (Å²) in [4.78, 5) is 12.9. The van der Waals surface area contributed by atoms with Gasteiger partial charge in [-0.2, -0.15) is 0 Å². The molecule has 0 radical (unpaired) electrons. The molecule has 0 bridgehead atoms. The number of fused-ring (bicyclic) bond motifs is 3. The predicted octanol–water partition coefficient (Wildman–Crippen LogP) is 4.73. The second-order valence-corrected chi connectivity index (χ2v) is 10.2. The Morgan fingerprint density at radius 3 is 2.41 bits per heavy atom. The van der Waals surface area contributed by atoms with Crippen molar-refractivity contribution in [3.63, 3.8) is 0 Å². The van der Waals surface area contributed by atoms with E-state index in [0.717, 1.165) is 24.0 Å². The largest absolute Gasteiger partial charge is 0.355 e. The smallest absolute Gasteiger partial charge is 0.265 e. The molecule has 0 saturated heterocycles.